The van der Waals surface area contributed by atoms with Crippen LogP contribution in [0.2, 0.25) is 0 Å². The van der Waals surface area contributed by atoms with E-state index in [1.807, 2.05) is 53.9 Å². The summed E-state index contributed by atoms with van der Waals surface area (Å²) in [6.45, 7) is 15.6. The summed E-state index contributed by atoms with van der Waals surface area (Å²) in [7, 11) is 0. The van der Waals surface area contributed by atoms with Crippen molar-refractivity contribution in [3.05, 3.63) is 41.6 Å². The van der Waals surface area contributed by atoms with Gasteiger partial charge in [0.2, 0.25) is 23.6 Å². The Hall–Kier alpha value is -3.32. The maximum Gasteiger partial charge on any atom is 0.243 e. The lowest BCUT2D eigenvalue weighted by Gasteiger charge is -2.30. The topological polar surface area (TPSA) is 168 Å². The predicted molar refractivity (Wildman–Crippen MR) is 184 cm³/mol. The number of nitrogens with zero attached hydrogens (tertiary/aromatic N) is 2. The molecular weight excluding hydrogens is 620 g/mol. The number of hydrogen-bond donors (Lipinski definition) is 5. The van der Waals surface area contributed by atoms with E-state index in [4.69, 9.17) is 4.42 Å². The molecule has 2 aromatic heterocycles. The zero-order valence-electron chi connectivity index (χ0n) is 29.5. The summed E-state index contributed by atoms with van der Waals surface area (Å²) >= 11 is 1.58. The average Bonchev–Trinajstić information content (AvgIpc) is 3.63. The van der Waals surface area contributed by atoms with Gasteiger partial charge in [0.05, 0.1) is 43.1 Å². The Bertz CT molecular complexity index is 1280. The Kier molecular flexibility index (Phi) is 16.5. The summed E-state index contributed by atoms with van der Waals surface area (Å²) in [6, 6.07) is 3.24. The SMILES string of the molecule is CSCC[C@H](NC(=O)C(C)Cn1nc(C)cc1C)C(=O)N[C@@H](CC(C)C)[C@@H](O)C[C@@H](C)C(=O)N[C@H](C(=O)NCc1ccco1)C(C)C. The molecule has 47 heavy (non-hydrogen) atoms. The highest BCUT2D eigenvalue weighted by Gasteiger charge is 2.32. The van der Waals surface area contributed by atoms with Gasteiger partial charge in [0, 0.05) is 11.6 Å². The molecule has 0 fully saturated rings. The molecule has 4 amide bonds. The van der Waals surface area contributed by atoms with Crippen LogP contribution in [0.1, 0.15) is 78.0 Å². The first-order chi connectivity index (χ1) is 22.1. The number of aliphatic hydroxyl groups excluding tert-OH is 1. The smallest absolute Gasteiger partial charge is 0.243 e. The van der Waals surface area contributed by atoms with Gasteiger partial charge in [0.25, 0.3) is 0 Å². The Labute approximate surface area is 284 Å². The van der Waals surface area contributed by atoms with E-state index < -0.39 is 36.1 Å². The van der Waals surface area contributed by atoms with Crippen molar-refractivity contribution >= 4 is 35.4 Å². The lowest BCUT2D eigenvalue weighted by Crippen LogP contribution is -2.54. The number of aliphatic hydroxyl groups is 1. The molecule has 0 aliphatic carbocycles. The molecule has 0 saturated carbocycles. The number of carbonyl (C=O) groups is 4. The van der Waals surface area contributed by atoms with Crippen molar-refractivity contribution < 1.29 is 28.7 Å². The molecular formula is C34H56N6O6S. The third kappa shape index (κ3) is 13.4. The maximum atomic E-state index is 13.6. The number of furan rings is 1. The number of nitrogens with one attached hydrogen (secondary N) is 4. The Morgan fingerprint density at radius 2 is 1.62 bits per heavy atom. The Morgan fingerprint density at radius 3 is 2.17 bits per heavy atom. The molecule has 12 nitrogen and oxygen atoms in total. The summed E-state index contributed by atoms with van der Waals surface area (Å²) in [4.78, 5) is 52.8. The third-order valence-electron chi connectivity index (χ3n) is 8.07. The van der Waals surface area contributed by atoms with Crippen LogP contribution in [0.15, 0.2) is 28.9 Å². The van der Waals surface area contributed by atoms with Crippen LogP contribution in [0.5, 0.6) is 0 Å². The first kappa shape index (κ1) is 39.9. The van der Waals surface area contributed by atoms with Crippen molar-refractivity contribution in [3.8, 4) is 0 Å². The van der Waals surface area contributed by atoms with E-state index in [2.05, 4.69) is 26.4 Å². The number of aromatic nitrogens is 2. The fourth-order valence-electron chi connectivity index (χ4n) is 5.29. The molecule has 2 rings (SSSR count). The quantitative estimate of drug-likeness (QED) is 0.142. The van der Waals surface area contributed by atoms with Gasteiger partial charge in [0.1, 0.15) is 17.8 Å². The minimum atomic E-state index is -1.03. The number of aryl methyl sites for hydroxylation is 2. The van der Waals surface area contributed by atoms with Gasteiger partial charge in [-0.15, -0.1) is 0 Å². The Morgan fingerprint density at radius 1 is 0.936 bits per heavy atom. The van der Waals surface area contributed by atoms with E-state index in [0.29, 0.717) is 30.9 Å². The predicted octanol–water partition coefficient (Wildman–Crippen LogP) is 3.34. The minimum Gasteiger partial charge on any atom is -0.467 e. The molecule has 0 aromatic carbocycles. The maximum absolute atomic E-state index is 13.6. The highest BCUT2D eigenvalue weighted by Crippen LogP contribution is 2.17. The second-order valence-corrected chi connectivity index (χ2v) is 14.3. The second kappa shape index (κ2) is 19.5. The van der Waals surface area contributed by atoms with Crippen molar-refractivity contribution in [1.82, 2.24) is 31.0 Å². The monoisotopic (exact) mass is 676 g/mol. The van der Waals surface area contributed by atoms with E-state index in [0.717, 1.165) is 11.4 Å². The molecule has 0 bridgehead atoms. The third-order valence-corrected chi connectivity index (χ3v) is 8.71. The van der Waals surface area contributed by atoms with Crippen molar-refractivity contribution in [2.75, 3.05) is 12.0 Å². The number of hydrogen-bond acceptors (Lipinski definition) is 8. The first-order valence-corrected chi connectivity index (χ1v) is 17.9. The van der Waals surface area contributed by atoms with Crippen molar-refractivity contribution in [2.24, 2.45) is 23.7 Å². The van der Waals surface area contributed by atoms with Gasteiger partial charge < -0.3 is 30.8 Å². The molecule has 0 saturated heterocycles. The zero-order valence-corrected chi connectivity index (χ0v) is 30.3. The molecule has 264 valence electrons. The lowest BCUT2D eigenvalue weighted by molar-refractivity contribution is -0.133. The summed E-state index contributed by atoms with van der Waals surface area (Å²) in [5.41, 5.74) is 1.83. The van der Waals surface area contributed by atoms with Crippen molar-refractivity contribution in [3.63, 3.8) is 0 Å². The van der Waals surface area contributed by atoms with Gasteiger partial charge >= 0.3 is 0 Å². The molecule has 0 aliphatic heterocycles. The normalized spacial score (nSPS) is 15.4. The molecule has 6 atom stereocenters. The molecule has 13 heteroatoms. The fraction of sp³-hybridized carbons (Fsp3) is 0.676. The number of rotatable bonds is 20. The van der Waals surface area contributed by atoms with Gasteiger partial charge in [-0.05, 0) is 75.2 Å². The zero-order chi connectivity index (χ0) is 35.3. The van der Waals surface area contributed by atoms with Gasteiger partial charge in [-0.3, -0.25) is 23.9 Å². The number of amides is 4. The average molecular weight is 677 g/mol. The van der Waals surface area contributed by atoms with Gasteiger partial charge in [-0.2, -0.15) is 16.9 Å². The highest BCUT2D eigenvalue weighted by molar-refractivity contribution is 7.98. The van der Waals surface area contributed by atoms with Crippen LogP contribution in [0, 0.1) is 37.5 Å². The summed E-state index contributed by atoms with van der Waals surface area (Å²) in [5.74, 6) is -1.16. The molecule has 1 unspecified atom stereocenters. The molecule has 0 aliphatic rings. The van der Waals surface area contributed by atoms with Crippen molar-refractivity contribution in [1.29, 1.82) is 0 Å². The number of carbonyl (C=O) groups excluding carboxylic acids is 4. The minimum absolute atomic E-state index is 0.0733. The summed E-state index contributed by atoms with van der Waals surface area (Å²) in [6.07, 6.45) is 3.40. The summed E-state index contributed by atoms with van der Waals surface area (Å²) in [5, 5.41) is 27.3. The van der Waals surface area contributed by atoms with Crippen LogP contribution in [0.25, 0.3) is 0 Å². The lowest BCUT2D eigenvalue weighted by atomic mass is 9.91. The van der Waals surface area contributed by atoms with E-state index in [1.54, 1.807) is 42.4 Å². The van der Waals surface area contributed by atoms with Crippen LogP contribution in [-0.2, 0) is 32.3 Å². The fourth-order valence-corrected chi connectivity index (χ4v) is 5.76. The number of thioether (sulfide) groups is 1. The molecule has 2 aromatic rings. The second-order valence-electron chi connectivity index (χ2n) is 13.3. The van der Waals surface area contributed by atoms with Crippen LogP contribution in [0.3, 0.4) is 0 Å². The van der Waals surface area contributed by atoms with E-state index in [-0.39, 0.29) is 48.4 Å². The molecule has 2 heterocycles. The van der Waals surface area contributed by atoms with Gasteiger partial charge in [-0.25, -0.2) is 0 Å². The standard InChI is InChI=1S/C34H56N6O6S/c1-20(2)15-28(29(41)16-22(5)31(42)38-30(21(3)4)34(45)35-18-26-11-10-13-46-26)37-33(44)27(12-14-47-9)36-32(43)23(6)19-40-25(8)17-24(7)39-40/h10-11,13,17,20-23,27-30,41H,12,14-16,18-19H2,1-9H3,(H,35,45)(H,36,43)(H,37,44)(H,38,42)/t22-,23?,27+,28+,29+,30+/m1/s1. The largest absolute Gasteiger partial charge is 0.467 e. The van der Waals surface area contributed by atoms with Crippen molar-refractivity contribution in [2.45, 2.75) is 112 Å². The Balaban J connectivity index is 2.05. The first-order valence-electron chi connectivity index (χ1n) is 16.5. The van der Waals surface area contributed by atoms with E-state index >= 15 is 0 Å². The van der Waals surface area contributed by atoms with Crippen LogP contribution < -0.4 is 21.3 Å². The molecule has 0 spiro atoms. The van der Waals surface area contributed by atoms with E-state index in [9.17, 15) is 24.3 Å². The van der Waals surface area contributed by atoms with E-state index in [1.165, 1.54) is 6.26 Å². The summed E-state index contributed by atoms with van der Waals surface area (Å²) < 4.78 is 7.06. The molecule has 0 radical (unpaired) electrons. The van der Waals surface area contributed by atoms with Crippen LogP contribution >= 0.6 is 11.8 Å². The highest BCUT2D eigenvalue weighted by atomic mass is 32.2. The van der Waals surface area contributed by atoms with Crippen LogP contribution in [-0.4, -0.2) is 74.8 Å². The molecule has 5 N–H and O–H groups in total. The van der Waals surface area contributed by atoms with Crippen LogP contribution in [0.4, 0.5) is 0 Å². The van der Waals surface area contributed by atoms with Gasteiger partial charge in [-0.1, -0.05) is 41.5 Å². The van der Waals surface area contributed by atoms with Gasteiger partial charge in [0.15, 0.2) is 0 Å².